The van der Waals surface area contributed by atoms with Gasteiger partial charge in [0.1, 0.15) is 0 Å². The van der Waals surface area contributed by atoms with E-state index in [0.29, 0.717) is 23.4 Å². The molecular weight excluding hydrogens is 386 g/mol. The molecular formula is C27H31NO3. The summed E-state index contributed by atoms with van der Waals surface area (Å²) in [5.41, 5.74) is 4.67. The lowest BCUT2D eigenvalue weighted by atomic mass is 9.56. The quantitative estimate of drug-likeness (QED) is 0.492. The third-order valence-corrected chi connectivity index (χ3v) is 8.21. The predicted molar refractivity (Wildman–Crippen MR) is 120 cm³/mol. The number of hydrogen-bond acceptors (Lipinski definition) is 3. The summed E-state index contributed by atoms with van der Waals surface area (Å²) in [5, 5.41) is 2.64. The average molecular weight is 418 g/mol. The Morgan fingerprint density at radius 2 is 1.90 bits per heavy atom. The maximum atomic E-state index is 12.5. The van der Waals surface area contributed by atoms with Crippen LogP contribution in [0.3, 0.4) is 0 Å². The van der Waals surface area contributed by atoms with Gasteiger partial charge in [0.25, 0.3) is 0 Å². The summed E-state index contributed by atoms with van der Waals surface area (Å²) in [6.07, 6.45) is 8.27. The van der Waals surface area contributed by atoms with Gasteiger partial charge in [-0.1, -0.05) is 49.7 Å². The maximum Gasteiger partial charge on any atom is 0.415 e. The van der Waals surface area contributed by atoms with Crippen LogP contribution in [0.15, 0.2) is 48.5 Å². The molecule has 31 heavy (non-hydrogen) atoms. The molecule has 0 saturated heterocycles. The molecule has 0 heterocycles. The van der Waals surface area contributed by atoms with Crippen LogP contribution in [0.4, 0.5) is 4.79 Å². The van der Waals surface area contributed by atoms with Gasteiger partial charge >= 0.3 is 12.1 Å². The highest BCUT2D eigenvalue weighted by Gasteiger charge is 2.50. The van der Waals surface area contributed by atoms with Crippen molar-refractivity contribution in [2.75, 3.05) is 0 Å². The van der Waals surface area contributed by atoms with E-state index in [9.17, 15) is 9.59 Å². The fourth-order valence-electron chi connectivity index (χ4n) is 6.65. The van der Waals surface area contributed by atoms with E-state index in [0.717, 1.165) is 23.8 Å². The summed E-state index contributed by atoms with van der Waals surface area (Å²) in [6.45, 7) is 2.85. The number of benzene rings is 2. The number of hydrogen-bond donors (Lipinski definition) is 1. The number of aryl methyl sites for hydroxylation is 1. The van der Waals surface area contributed by atoms with E-state index in [1.165, 1.54) is 49.7 Å². The minimum Gasteiger partial charge on any atom is -0.373 e. The number of nitrogens with one attached hydrogen (secondary N) is 1. The molecule has 2 aromatic carbocycles. The molecule has 0 radical (unpaired) electrons. The molecule has 4 atom stereocenters. The molecule has 1 amide bonds. The Bertz CT molecular complexity index is 985. The number of carbonyl (C=O) groups excluding carboxylic acids is 2. The van der Waals surface area contributed by atoms with Crippen molar-refractivity contribution >= 4 is 12.1 Å². The minimum atomic E-state index is -0.709. The zero-order valence-corrected chi connectivity index (χ0v) is 18.2. The molecule has 3 aliphatic rings. The lowest BCUT2D eigenvalue weighted by Crippen LogP contribution is -2.39. The first-order valence-electron chi connectivity index (χ1n) is 11.7. The maximum absolute atomic E-state index is 12.5. The normalized spacial score (nSPS) is 28.7. The van der Waals surface area contributed by atoms with Gasteiger partial charge in [-0.2, -0.15) is 0 Å². The van der Waals surface area contributed by atoms with Crippen LogP contribution in [0, 0.1) is 17.3 Å². The standard InChI is InChI=1S/C27H31NO3/c1-27-14-5-8-24(27)23-12-9-19-16-20(10-11-21(19)22(23)13-15-27)25(29)31-26(30)28-17-18-6-3-2-4-7-18/h2-4,6-7,10-11,16,22-24H,5,8-9,12-15,17H2,1H3,(H,28,30)/t22-,23-,24+,27+/m1/s1. The summed E-state index contributed by atoms with van der Waals surface area (Å²) in [6, 6.07) is 15.5. The fourth-order valence-corrected chi connectivity index (χ4v) is 6.65. The fraction of sp³-hybridized carbons (Fsp3) is 0.481. The van der Waals surface area contributed by atoms with Crippen LogP contribution in [-0.2, 0) is 17.7 Å². The molecule has 4 heteroatoms. The van der Waals surface area contributed by atoms with Gasteiger partial charge in [-0.3, -0.25) is 0 Å². The van der Waals surface area contributed by atoms with Crippen LogP contribution < -0.4 is 5.32 Å². The number of alkyl carbamates (subject to hydrolysis) is 1. The average Bonchev–Trinajstić information content (AvgIpc) is 3.19. The van der Waals surface area contributed by atoms with Crippen LogP contribution >= 0.6 is 0 Å². The number of ether oxygens (including phenoxy) is 1. The zero-order valence-electron chi connectivity index (χ0n) is 18.2. The molecule has 0 bridgehead atoms. The molecule has 162 valence electrons. The SMILES string of the molecule is C[C@@]12CCC[C@H]1[C@@H]1CCc3cc(C(=O)OC(=O)NCc4ccccc4)ccc3[C@H]1CC2. The lowest BCUT2D eigenvalue weighted by molar-refractivity contribution is 0.0595. The van der Waals surface area contributed by atoms with E-state index in [-0.39, 0.29) is 0 Å². The molecule has 1 N–H and O–H groups in total. The Hall–Kier alpha value is -2.62. The number of fused-ring (bicyclic) bond motifs is 5. The summed E-state index contributed by atoms with van der Waals surface area (Å²) < 4.78 is 5.04. The van der Waals surface area contributed by atoms with Crippen molar-refractivity contribution in [1.29, 1.82) is 0 Å². The molecule has 0 unspecified atom stereocenters. The highest BCUT2D eigenvalue weighted by molar-refractivity contribution is 5.96. The first-order chi connectivity index (χ1) is 15.0. The molecule has 0 aliphatic heterocycles. The Kier molecular flexibility index (Phi) is 5.33. The van der Waals surface area contributed by atoms with Crippen molar-refractivity contribution in [3.8, 4) is 0 Å². The Morgan fingerprint density at radius 3 is 2.74 bits per heavy atom. The topological polar surface area (TPSA) is 55.4 Å². The number of esters is 1. The molecule has 2 saturated carbocycles. The van der Waals surface area contributed by atoms with E-state index in [2.05, 4.69) is 18.3 Å². The Balaban J connectivity index is 1.24. The lowest BCUT2D eigenvalue weighted by Gasteiger charge is -2.49. The monoisotopic (exact) mass is 417 g/mol. The second-order valence-corrected chi connectivity index (χ2v) is 9.93. The predicted octanol–water partition coefficient (Wildman–Crippen LogP) is 6.00. The number of carbonyl (C=O) groups is 2. The summed E-state index contributed by atoms with van der Waals surface area (Å²) in [7, 11) is 0. The third kappa shape index (κ3) is 3.88. The summed E-state index contributed by atoms with van der Waals surface area (Å²) >= 11 is 0. The van der Waals surface area contributed by atoms with Gasteiger partial charge in [0.2, 0.25) is 0 Å². The van der Waals surface area contributed by atoms with E-state index >= 15 is 0 Å². The highest BCUT2D eigenvalue weighted by Crippen LogP contribution is 2.60. The van der Waals surface area contributed by atoms with Crippen LogP contribution in [0.1, 0.15) is 78.4 Å². The van der Waals surface area contributed by atoms with Crippen molar-refractivity contribution in [1.82, 2.24) is 5.32 Å². The van der Waals surface area contributed by atoms with E-state index in [1.807, 2.05) is 42.5 Å². The van der Waals surface area contributed by atoms with Gasteiger partial charge in [0.15, 0.2) is 0 Å². The van der Waals surface area contributed by atoms with Crippen LogP contribution in [0.2, 0.25) is 0 Å². The first kappa shape index (κ1) is 20.3. The largest absolute Gasteiger partial charge is 0.415 e. The molecule has 0 spiro atoms. The van der Waals surface area contributed by atoms with Crippen molar-refractivity contribution in [2.45, 2.75) is 64.3 Å². The highest BCUT2D eigenvalue weighted by atomic mass is 16.6. The molecule has 3 aliphatic carbocycles. The molecule has 4 nitrogen and oxygen atoms in total. The van der Waals surface area contributed by atoms with Gasteiger partial charge < -0.3 is 10.1 Å². The van der Waals surface area contributed by atoms with Gasteiger partial charge in [0, 0.05) is 6.54 Å². The van der Waals surface area contributed by atoms with Gasteiger partial charge in [-0.05, 0) is 90.5 Å². The molecule has 2 aromatic rings. The van der Waals surface area contributed by atoms with Crippen molar-refractivity contribution in [2.24, 2.45) is 17.3 Å². The Labute approximate surface area is 184 Å². The number of rotatable bonds is 3. The zero-order chi connectivity index (χ0) is 21.4. The summed E-state index contributed by atoms with van der Waals surface area (Å²) in [5.74, 6) is 1.69. The van der Waals surface area contributed by atoms with E-state index in [4.69, 9.17) is 4.74 Å². The van der Waals surface area contributed by atoms with Crippen LogP contribution in [0.5, 0.6) is 0 Å². The second kappa shape index (κ2) is 8.14. The second-order valence-electron chi connectivity index (χ2n) is 9.93. The van der Waals surface area contributed by atoms with Crippen LogP contribution in [0.25, 0.3) is 0 Å². The van der Waals surface area contributed by atoms with Gasteiger partial charge in [-0.15, -0.1) is 0 Å². The minimum absolute atomic E-state index is 0.334. The van der Waals surface area contributed by atoms with Gasteiger partial charge in [0.05, 0.1) is 5.56 Å². The van der Waals surface area contributed by atoms with Crippen LogP contribution in [-0.4, -0.2) is 12.1 Å². The molecule has 0 aromatic heterocycles. The molecule has 2 fully saturated rings. The smallest absolute Gasteiger partial charge is 0.373 e. The Morgan fingerprint density at radius 1 is 1.06 bits per heavy atom. The third-order valence-electron chi connectivity index (χ3n) is 8.21. The summed E-state index contributed by atoms with van der Waals surface area (Å²) in [4.78, 5) is 24.6. The van der Waals surface area contributed by atoms with Gasteiger partial charge in [-0.25, -0.2) is 9.59 Å². The first-order valence-corrected chi connectivity index (χ1v) is 11.7. The molecule has 5 rings (SSSR count). The number of amides is 1. The van der Waals surface area contributed by atoms with E-state index in [1.54, 1.807) is 0 Å². The van der Waals surface area contributed by atoms with Crippen molar-refractivity contribution < 1.29 is 14.3 Å². The van der Waals surface area contributed by atoms with Crippen molar-refractivity contribution in [3.63, 3.8) is 0 Å². The van der Waals surface area contributed by atoms with E-state index < -0.39 is 12.1 Å². The van der Waals surface area contributed by atoms with Crippen molar-refractivity contribution in [3.05, 3.63) is 70.8 Å².